The number of likely N-dealkylation sites (N-methyl/N-ethyl adjacent to an activating group) is 1. The number of nitrogens with zero attached hydrogens (tertiary/aromatic N) is 7. The second kappa shape index (κ2) is 11.8. The maximum Gasteiger partial charge on any atom is 0.318 e. The van der Waals surface area contributed by atoms with Gasteiger partial charge in [0.15, 0.2) is 5.83 Å². The van der Waals surface area contributed by atoms with Crippen molar-refractivity contribution in [2.45, 2.75) is 81.2 Å². The number of piperazine rings is 1. The fourth-order valence-corrected chi connectivity index (χ4v) is 8.85. The fraction of sp³-hybridized carbons (Fsp3) is 0.588. The number of carbonyl (C=O) groups is 1. The van der Waals surface area contributed by atoms with Gasteiger partial charge in [0.2, 0.25) is 0 Å². The van der Waals surface area contributed by atoms with Gasteiger partial charge in [-0.15, -0.1) is 0 Å². The van der Waals surface area contributed by atoms with Crippen molar-refractivity contribution in [3.63, 3.8) is 0 Å². The molecule has 4 atom stereocenters. The molecule has 0 saturated carbocycles. The molecule has 3 fully saturated rings. The topological polar surface area (TPSA) is 88.8 Å². The first-order chi connectivity index (χ1) is 22.1. The average molecular weight is 636 g/mol. The molecule has 1 aromatic carbocycles. The Morgan fingerprint density at radius 2 is 2.02 bits per heavy atom. The van der Waals surface area contributed by atoms with E-state index in [4.69, 9.17) is 14.7 Å². The Morgan fingerprint density at radius 1 is 1.17 bits per heavy atom. The lowest BCUT2D eigenvalue weighted by Crippen LogP contribution is -2.56. The van der Waals surface area contributed by atoms with E-state index >= 15 is 4.39 Å². The summed E-state index contributed by atoms with van der Waals surface area (Å²) in [5, 5.41) is 9.56. The zero-order valence-corrected chi connectivity index (χ0v) is 26.3. The summed E-state index contributed by atoms with van der Waals surface area (Å²) in [6.45, 7) is 6.07. The first kappa shape index (κ1) is 30.9. The molecule has 0 N–H and O–H groups in total. The Balaban J connectivity index is 1.26. The predicted octanol–water partition coefficient (Wildman–Crippen LogP) is 4.20. The Kier molecular flexibility index (Phi) is 7.96. The monoisotopic (exact) mass is 635 g/mol. The smallest absolute Gasteiger partial charge is 0.318 e. The third kappa shape index (κ3) is 5.12. The summed E-state index contributed by atoms with van der Waals surface area (Å²) in [5.41, 5.74) is 2.65. The van der Waals surface area contributed by atoms with Crippen molar-refractivity contribution in [2.24, 2.45) is 0 Å². The molecule has 2 aromatic rings. The van der Waals surface area contributed by atoms with E-state index in [-0.39, 0.29) is 43.5 Å². The Labute approximate surface area is 267 Å². The fourth-order valence-electron chi connectivity index (χ4n) is 8.85. The van der Waals surface area contributed by atoms with Crippen LogP contribution in [0.2, 0.25) is 0 Å². The highest BCUT2D eigenvalue weighted by Crippen LogP contribution is 2.48. The van der Waals surface area contributed by atoms with Crippen molar-refractivity contribution < 1.29 is 22.7 Å². The molecule has 1 spiro atoms. The molecular weight excluding hydrogens is 595 g/mol. The van der Waals surface area contributed by atoms with E-state index in [1.54, 1.807) is 6.07 Å². The molecule has 1 amide bonds. The van der Waals surface area contributed by atoms with Crippen LogP contribution in [0.25, 0.3) is 0 Å². The minimum absolute atomic E-state index is 0.0280. The number of hydrogen-bond donors (Lipinski definition) is 0. The highest BCUT2D eigenvalue weighted by atomic mass is 19.1. The Morgan fingerprint density at radius 3 is 2.83 bits per heavy atom. The molecule has 0 bridgehead atoms. The summed E-state index contributed by atoms with van der Waals surface area (Å²) < 4.78 is 49.9. The van der Waals surface area contributed by atoms with E-state index in [1.165, 1.54) is 11.0 Å². The van der Waals surface area contributed by atoms with Crippen LogP contribution in [0.3, 0.4) is 0 Å². The molecule has 12 heteroatoms. The number of ether oxygens (including phenoxy) is 1. The van der Waals surface area contributed by atoms with Crippen molar-refractivity contribution in [1.29, 1.82) is 5.26 Å². The van der Waals surface area contributed by atoms with Gasteiger partial charge in [-0.3, -0.25) is 14.6 Å². The maximum atomic E-state index is 15.0. The number of amides is 1. The second-order valence-electron chi connectivity index (χ2n) is 13.7. The first-order valence-electron chi connectivity index (χ1n) is 16.3. The van der Waals surface area contributed by atoms with Crippen molar-refractivity contribution >= 4 is 11.7 Å². The van der Waals surface area contributed by atoms with Crippen molar-refractivity contribution in [3.8, 4) is 12.1 Å². The number of benzene rings is 1. The van der Waals surface area contributed by atoms with Gasteiger partial charge in [0.25, 0.3) is 5.91 Å². The van der Waals surface area contributed by atoms with Crippen molar-refractivity contribution in [1.82, 2.24) is 24.7 Å². The molecule has 46 heavy (non-hydrogen) atoms. The van der Waals surface area contributed by atoms with Gasteiger partial charge in [-0.1, -0.05) is 18.7 Å². The van der Waals surface area contributed by atoms with Crippen LogP contribution in [0.5, 0.6) is 6.01 Å². The lowest BCUT2D eigenvalue weighted by atomic mass is 9.70. The predicted molar refractivity (Wildman–Crippen MR) is 165 cm³/mol. The van der Waals surface area contributed by atoms with Crippen LogP contribution < -0.4 is 9.64 Å². The molecule has 4 aliphatic heterocycles. The lowest BCUT2D eigenvalue weighted by Gasteiger charge is -2.50. The van der Waals surface area contributed by atoms with E-state index < -0.39 is 29.5 Å². The zero-order valence-electron chi connectivity index (χ0n) is 26.3. The average Bonchev–Trinajstić information content (AvgIpc) is 3.56. The highest BCUT2D eigenvalue weighted by molar-refractivity contribution is 5.91. The van der Waals surface area contributed by atoms with E-state index in [1.807, 2.05) is 11.0 Å². The number of fused-ring (bicyclic) bond motifs is 4. The number of alkyl halides is 1. The molecule has 5 aliphatic rings. The van der Waals surface area contributed by atoms with Gasteiger partial charge in [0.1, 0.15) is 24.4 Å². The minimum atomic E-state index is -1.05. The van der Waals surface area contributed by atoms with E-state index in [0.29, 0.717) is 44.7 Å². The van der Waals surface area contributed by atoms with Gasteiger partial charge in [-0.25, -0.2) is 13.2 Å². The van der Waals surface area contributed by atoms with E-state index in [0.717, 1.165) is 54.6 Å². The summed E-state index contributed by atoms with van der Waals surface area (Å²) in [5.74, 6) is -1.38. The summed E-state index contributed by atoms with van der Waals surface area (Å²) in [6, 6.07) is 7.12. The highest BCUT2D eigenvalue weighted by Gasteiger charge is 2.50. The number of nitriles is 1. The second-order valence-corrected chi connectivity index (χ2v) is 13.7. The van der Waals surface area contributed by atoms with E-state index in [2.05, 4.69) is 29.5 Å². The molecule has 5 heterocycles. The van der Waals surface area contributed by atoms with Crippen LogP contribution in [0.15, 0.2) is 30.6 Å². The molecule has 1 aliphatic carbocycles. The molecule has 3 saturated heterocycles. The number of halogens is 3. The lowest BCUT2D eigenvalue weighted by molar-refractivity contribution is -0.131. The van der Waals surface area contributed by atoms with Gasteiger partial charge >= 0.3 is 6.01 Å². The largest absolute Gasteiger partial charge is 0.461 e. The Hall–Kier alpha value is -3.69. The Bertz CT molecular complexity index is 1600. The summed E-state index contributed by atoms with van der Waals surface area (Å²) in [4.78, 5) is 30.4. The van der Waals surface area contributed by atoms with Gasteiger partial charge in [-0.05, 0) is 62.9 Å². The van der Waals surface area contributed by atoms with Gasteiger partial charge in [0, 0.05) is 51.1 Å². The number of anilines is 1. The summed E-state index contributed by atoms with van der Waals surface area (Å²) in [7, 11) is 2.06. The van der Waals surface area contributed by atoms with Gasteiger partial charge in [-0.2, -0.15) is 15.2 Å². The number of carbonyl (C=O) groups excluding carboxylic acids is 1. The standard InChI is InChI=1S/C34H40F3N7O2/c1-22(35)31(45)44-15-14-42(19-24(44)9-12-38)30-26-20-41(2)34(11-4-6-25-27(34)7-3-8-28(25)37)17-29(26)39-32(40-30)46-21-33-10-5-13-43(33)18-23(36)16-33/h3,7-8,23-24H,1,4-6,9-11,13-21H2,2H3/t23-,24+,33+,34+/m1/s1. The third-order valence-corrected chi connectivity index (χ3v) is 11.1. The van der Waals surface area contributed by atoms with Crippen molar-refractivity contribution in [2.75, 3.05) is 51.3 Å². The first-order valence-corrected chi connectivity index (χ1v) is 16.3. The number of rotatable bonds is 6. The van der Waals surface area contributed by atoms with Crippen LogP contribution in [0.4, 0.5) is 19.0 Å². The van der Waals surface area contributed by atoms with Crippen LogP contribution in [0.1, 0.15) is 60.9 Å². The molecule has 244 valence electrons. The SMILES string of the molecule is C=C(F)C(=O)N1CCN(c2nc(OC[C@@]34CCCN3C[C@H](F)C4)nc3c2CN(C)[C@@]2(CCCc4c(F)cccc42)C3)C[C@@H]1CC#N. The summed E-state index contributed by atoms with van der Waals surface area (Å²) in [6.07, 6.45) is 4.34. The number of hydrogen-bond acceptors (Lipinski definition) is 8. The summed E-state index contributed by atoms with van der Waals surface area (Å²) >= 11 is 0. The normalized spacial score (nSPS) is 29.3. The molecule has 0 unspecified atom stereocenters. The third-order valence-electron chi connectivity index (χ3n) is 11.1. The maximum absolute atomic E-state index is 15.0. The number of aromatic nitrogens is 2. The molecular formula is C34H40F3N7O2. The zero-order chi connectivity index (χ0) is 32.2. The molecule has 0 radical (unpaired) electrons. The van der Waals surface area contributed by atoms with Gasteiger partial charge < -0.3 is 14.5 Å². The quantitative estimate of drug-likeness (QED) is 0.437. The van der Waals surface area contributed by atoms with Crippen LogP contribution >= 0.6 is 0 Å². The molecule has 7 rings (SSSR count). The molecule has 1 aromatic heterocycles. The molecule has 9 nitrogen and oxygen atoms in total. The van der Waals surface area contributed by atoms with Crippen LogP contribution in [-0.2, 0) is 29.7 Å². The van der Waals surface area contributed by atoms with E-state index in [9.17, 15) is 18.8 Å². The minimum Gasteiger partial charge on any atom is -0.461 e. The van der Waals surface area contributed by atoms with Crippen LogP contribution in [0, 0.1) is 17.1 Å². The van der Waals surface area contributed by atoms with Crippen molar-refractivity contribution in [3.05, 3.63) is 58.8 Å². The van der Waals surface area contributed by atoms with Crippen LogP contribution in [-0.4, -0.2) is 94.7 Å². The van der Waals surface area contributed by atoms with Gasteiger partial charge in [0.05, 0.1) is 35.3 Å².